The van der Waals surface area contributed by atoms with Crippen molar-refractivity contribution in [2.75, 3.05) is 6.26 Å². The predicted molar refractivity (Wildman–Crippen MR) is 68.0 cm³/mol. The van der Waals surface area contributed by atoms with Crippen LogP contribution in [0.4, 0.5) is 5.69 Å². The molecule has 0 aliphatic carbocycles. The monoisotopic (exact) mass is 292 g/mol. The topological polar surface area (TPSA) is 119 Å². The van der Waals surface area contributed by atoms with Crippen LogP contribution in [0.15, 0.2) is 35.5 Å². The third-order valence-electron chi connectivity index (χ3n) is 2.57. The number of sulfone groups is 1. The van der Waals surface area contributed by atoms with Gasteiger partial charge >= 0.3 is 0 Å². The van der Waals surface area contributed by atoms with E-state index in [1.807, 2.05) is 0 Å². The van der Waals surface area contributed by atoms with Crippen molar-refractivity contribution in [1.82, 2.24) is 9.55 Å². The second-order valence-corrected chi connectivity index (χ2v) is 5.93. The maximum atomic E-state index is 11.4. The Hall–Kier alpha value is -2.73. The molecule has 0 fully saturated rings. The summed E-state index contributed by atoms with van der Waals surface area (Å²) in [6.45, 7) is 0. The normalized spacial score (nSPS) is 11.0. The number of nitro benzene ring substituents is 1. The van der Waals surface area contributed by atoms with Crippen molar-refractivity contribution in [3.63, 3.8) is 0 Å². The van der Waals surface area contributed by atoms with Gasteiger partial charge in [-0.3, -0.25) is 14.7 Å². The summed E-state index contributed by atoms with van der Waals surface area (Å²) in [4.78, 5) is 14.0. The maximum absolute atomic E-state index is 11.4. The molecule has 1 aromatic heterocycles. The lowest BCUT2D eigenvalue weighted by molar-refractivity contribution is -0.384. The van der Waals surface area contributed by atoms with E-state index in [1.54, 1.807) is 6.07 Å². The molecular weight excluding hydrogens is 284 g/mol. The summed E-state index contributed by atoms with van der Waals surface area (Å²) in [7, 11) is -3.55. The number of imidazole rings is 1. The van der Waals surface area contributed by atoms with E-state index in [0.29, 0.717) is 0 Å². The summed E-state index contributed by atoms with van der Waals surface area (Å²) < 4.78 is 24.1. The highest BCUT2D eigenvalue weighted by Crippen LogP contribution is 2.27. The Morgan fingerprint density at radius 2 is 2.15 bits per heavy atom. The van der Waals surface area contributed by atoms with Gasteiger partial charge in [0.1, 0.15) is 11.8 Å². The van der Waals surface area contributed by atoms with E-state index in [4.69, 9.17) is 5.26 Å². The zero-order valence-corrected chi connectivity index (χ0v) is 11.0. The quantitative estimate of drug-likeness (QED) is 0.616. The molecule has 0 atom stereocenters. The molecule has 1 heterocycles. The summed E-state index contributed by atoms with van der Waals surface area (Å²) in [6, 6.07) is 5.28. The smallest absolute Gasteiger partial charge is 0.285 e. The second-order valence-electron chi connectivity index (χ2n) is 3.91. The minimum Gasteiger partial charge on any atom is -0.285 e. The van der Waals surface area contributed by atoms with Gasteiger partial charge in [-0.1, -0.05) is 0 Å². The first-order valence-electron chi connectivity index (χ1n) is 5.27. The molecule has 0 N–H and O–H groups in total. The molecule has 102 valence electrons. The van der Waals surface area contributed by atoms with E-state index in [2.05, 4.69) is 4.98 Å². The Bertz CT molecular complexity index is 832. The average Bonchev–Trinajstić information content (AvgIpc) is 2.84. The van der Waals surface area contributed by atoms with E-state index >= 15 is 0 Å². The molecule has 0 saturated heterocycles. The summed E-state index contributed by atoms with van der Waals surface area (Å²) in [6.07, 6.45) is 3.68. The van der Waals surface area contributed by atoms with Gasteiger partial charge in [-0.2, -0.15) is 5.26 Å². The molecule has 0 bridgehead atoms. The molecule has 2 aromatic rings. The molecule has 0 aliphatic rings. The van der Waals surface area contributed by atoms with Gasteiger partial charge in [0.15, 0.2) is 9.84 Å². The summed E-state index contributed by atoms with van der Waals surface area (Å²) in [5.41, 5.74) is -0.334. The third kappa shape index (κ3) is 2.36. The van der Waals surface area contributed by atoms with E-state index in [-0.39, 0.29) is 16.4 Å². The van der Waals surface area contributed by atoms with Crippen LogP contribution in [-0.4, -0.2) is 29.1 Å². The Balaban J connectivity index is 2.73. The van der Waals surface area contributed by atoms with Crippen molar-refractivity contribution in [3.05, 3.63) is 46.5 Å². The van der Waals surface area contributed by atoms with E-state index in [1.165, 1.54) is 29.1 Å². The molecular formula is C11H8N4O4S. The second kappa shape index (κ2) is 4.75. The van der Waals surface area contributed by atoms with Gasteiger partial charge in [0.25, 0.3) is 5.69 Å². The van der Waals surface area contributed by atoms with Gasteiger partial charge in [0.05, 0.1) is 9.82 Å². The first-order chi connectivity index (χ1) is 9.34. The molecule has 8 nitrogen and oxygen atoms in total. The Morgan fingerprint density at radius 1 is 1.45 bits per heavy atom. The fraction of sp³-hybridized carbons (Fsp3) is 0.0909. The first-order valence-corrected chi connectivity index (χ1v) is 7.16. The van der Waals surface area contributed by atoms with Crippen molar-refractivity contribution in [2.24, 2.45) is 0 Å². The van der Waals surface area contributed by atoms with Crippen molar-refractivity contribution < 1.29 is 13.3 Å². The van der Waals surface area contributed by atoms with Crippen LogP contribution in [0.1, 0.15) is 5.82 Å². The van der Waals surface area contributed by atoms with Crippen molar-refractivity contribution in [3.8, 4) is 11.8 Å². The number of hydrogen-bond acceptors (Lipinski definition) is 6. The van der Waals surface area contributed by atoms with Crippen molar-refractivity contribution in [2.45, 2.75) is 4.90 Å². The van der Waals surface area contributed by atoms with Gasteiger partial charge in [-0.15, -0.1) is 0 Å². The summed E-state index contributed by atoms with van der Waals surface area (Å²) in [5, 5.41) is 20.0. The Morgan fingerprint density at radius 3 is 2.70 bits per heavy atom. The minimum atomic E-state index is -3.55. The van der Waals surface area contributed by atoms with Crippen molar-refractivity contribution >= 4 is 15.5 Å². The van der Waals surface area contributed by atoms with Gasteiger partial charge < -0.3 is 0 Å². The van der Waals surface area contributed by atoms with Crippen LogP contribution in [0.25, 0.3) is 5.69 Å². The molecule has 20 heavy (non-hydrogen) atoms. The molecule has 0 aliphatic heterocycles. The molecule has 0 saturated carbocycles. The first kappa shape index (κ1) is 13.7. The lowest BCUT2D eigenvalue weighted by Gasteiger charge is -2.06. The summed E-state index contributed by atoms with van der Waals surface area (Å²) in [5.74, 6) is -0.0276. The number of hydrogen-bond donors (Lipinski definition) is 0. The van der Waals surface area contributed by atoms with E-state index in [9.17, 15) is 18.5 Å². The standard InChI is InChI=1S/C11H8N4O4S/c1-20(18,19)8-2-3-9(10(6-8)15(16)17)14-5-4-13-11(14)7-12/h2-6H,1H3. The highest BCUT2D eigenvalue weighted by molar-refractivity contribution is 7.90. The van der Waals surface area contributed by atoms with Crippen LogP contribution in [0, 0.1) is 21.4 Å². The fourth-order valence-corrected chi connectivity index (χ4v) is 2.31. The number of benzene rings is 1. The molecule has 2 rings (SSSR count). The number of rotatable bonds is 3. The predicted octanol–water partition coefficient (Wildman–Crippen LogP) is 1.06. The van der Waals surface area contributed by atoms with Gasteiger partial charge in [0.2, 0.25) is 5.82 Å². The lowest BCUT2D eigenvalue weighted by Crippen LogP contribution is -2.04. The molecule has 0 spiro atoms. The molecule has 0 radical (unpaired) electrons. The van der Waals surface area contributed by atoms with Crippen LogP contribution in [0.5, 0.6) is 0 Å². The number of nitriles is 1. The minimum absolute atomic E-state index is 0.0276. The number of nitro groups is 1. The Labute approximate surface area is 114 Å². The molecule has 1 aromatic carbocycles. The fourth-order valence-electron chi connectivity index (χ4n) is 1.66. The van der Waals surface area contributed by atoms with E-state index < -0.39 is 20.4 Å². The van der Waals surface area contributed by atoms with Crippen LogP contribution in [0.3, 0.4) is 0 Å². The van der Waals surface area contributed by atoms with Crippen LogP contribution in [-0.2, 0) is 9.84 Å². The van der Waals surface area contributed by atoms with Gasteiger partial charge in [-0.05, 0) is 12.1 Å². The lowest BCUT2D eigenvalue weighted by atomic mass is 10.2. The maximum Gasteiger partial charge on any atom is 0.294 e. The van der Waals surface area contributed by atoms with Gasteiger partial charge in [0, 0.05) is 24.7 Å². The van der Waals surface area contributed by atoms with Crippen molar-refractivity contribution in [1.29, 1.82) is 5.26 Å². The van der Waals surface area contributed by atoms with Gasteiger partial charge in [-0.25, -0.2) is 13.4 Å². The molecule has 0 amide bonds. The van der Waals surface area contributed by atoms with Crippen LogP contribution in [0.2, 0.25) is 0 Å². The largest absolute Gasteiger partial charge is 0.294 e. The summed E-state index contributed by atoms with van der Waals surface area (Å²) >= 11 is 0. The highest BCUT2D eigenvalue weighted by Gasteiger charge is 2.21. The zero-order valence-electron chi connectivity index (χ0n) is 10.2. The third-order valence-corrected chi connectivity index (χ3v) is 3.68. The number of nitrogens with zero attached hydrogens (tertiary/aromatic N) is 4. The highest BCUT2D eigenvalue weighted by atomic mass is 32.2. The molecule has 0 unspecified atom stereocenters. The zero-order chi connectivity index (χ0) is 14.9. The van der Waals surface area contributed by atoms with Crippen LogP contribution >= 0.6 is 0 Å². The Kier molecular flexibility index (Phi) is 3.25. The SMILES string of the molecule is CS(=O)(=O)c1ccc(-n2ccnc2C#N)c([N+](=O)[O-])c1. The number of aromatic nitrogens is 2. The van der Waals surface area contributed by atoms with Crippen LogP contribution < -0.4 is 0 Å². The van der Waals surface area contributed by atoms with E-state index in [0.717, 1.165) is 12.3 Å². The molecule has 9 heteroatoms. The average molecular weight is 292 g/mol.